The number of nitrogen functional groups attached to an aromatic ring is 1. The largest absolute Gasteiger partial charge is 0.396 e. The molecule has 1 fully saturated rings. The van der Waals surface area contributed by atoms with E-state index in [1.165, 1.54) is 17.3 Å². The fourth-order valence-electron chi connectivity index (χ4n) is 2.07. The first-order chi connectivity index (χ1) is 9.37. The van der Waals surface area contributed by atoms with Crippen molar-refractivity contribution in [3.05, 3.63) is 23.5 Å². The van der Waals surface area contributed by atoms with Crippen LogP contribution in [0.2, 0.25) is 0 Å². The zero-order chi connectivity index (χ0) is 14.9. The Balaban J connectivity index is 2.40. The highest BCUT2D eigenvalue weighted by Crippen LogP contribution is 2.33. The zero-order valence-electron chi connectivity index (χ0n) is 11.1. The van der Waals surface area contributed by atoms with Gasteiger partial charge in [0.2, 0.25) is 10.0 Å². The molecule has 7 heteroatoms. The van der Waals surface area contributed by atoms with E-state index in [9.17, 15) is 12.8 Å². The normalized spacial score (nSPS) is 15.3. The van der Waals surface area contributed by atoms with Crippen LogP contribution in [0.3, 0.4) is 0 Å². The molecule has 2 rings (SSSR count). The van der Waals surface area contributed by atoms with Gasteiger partial charge in [-0.05, 0) is 37.5 Å². The second-order valence-electron chi connectivity index (χ2n) is 4.90. The number of sulfonamides is 1. The Morgan fingerprint density at radius 3 is 2.65 bits per heavy atom. The lowest BCUT2D eigenvalue weighted by Gasteiger charge is -2.21. The standard InChI is InChI=1S/C13H16FN3O2S/c1-9-7-11(8-12(16)13(9)14)20(18,19)17(6-2-5-15)10-3-4-10/h7-8,10H,2-4,6,16H2,1H3. The van der Waals surface area contributed by atoms with E-state index in [-0.39, 0.29) is 35.2 Å². The third kappa shape index (κ3) is 2.76. The number of nitrogens with two attached hydrogens (primary N) is 1. The van der Waals surface area contributed by atoms with Crippen LogP contribution in [-0.4, -0.2) is 25.3 Å². The van der Waals surface area contributed by atoms with Crippen LogP contribution in [0.15, 0.2) is 17.0 Å². The predicted molar refractivity (Wildman–Crippen MR) is 72.7 cm³/mol. The Morgan fingerprint density at radius 2 is 2.15 bits per heavy atom. The molecule has 108 valence electrons. The van der Waals surface area contributed by atoms with E-state index in [0.717, 1.165) is 18.9 Å². The SMILES string of the molecule is Cc1cc(S(=O)(=O)N(CCC#N)C2CC2)cc(N)c1F. The molecule has 20 heavy (non-hydrogen) atoms. The van der Waals surface area contributed by atoms with Crippen molar-refractivity contribution in [3.8, 4) is 6.07 Å². The van der Waals surface area contributed by atoms with Gasteiger partial charge in [0.25, 0.3) is 0 Å². The topological polar surface area (TPSA) is 87.2 Å². The molecule has 0 amide bonds. The highest BCUT2D eigenvalue weighted by atomic mass is 32.2. The van der Waals surface area contributed by atoms with Crippen molar-refractivity contribution in [1.82, 2.24) is 4.31 Å². The van der Waals surface area contributed by atoms with E-state index in [1.807, 2.05) is 6.07 Å². The van der Waals surface area contributed by atoms with Gasteiger partial charge in [-0.2, -0.15) is 9.57 Å². The minimum absolute atomic E-state index is 0.0151. The average molecular weight is 297 g/mol. The van der Waals surface area contributed by atoms with Gasteiger partial charge >= 0.3 is 0 Å². The van der Waals surface area contributed by atoms with Gasteiger partial charge in [0, 0.05) is 19.0 Å². The number of benzene rings is 1. The molecular formula is C13H16FN3O2S. The van der Waals surface area contributed by atoms with E-state index in [4.69, 9.17) is 11.0 Å². The zero-order valence-corrected chi connectivity index (χ0v) is 12.0. The summed E-state index contributed by atoms with van der Waals surface area (Å²) in [7, 11) is -3.74. The summed E-state index contributed by atoms with van der Waals surface area (Å²) in [6.07, 6.45) is 1.71. The summed E-state index contributed by atoms with van der Waals surface area (Å²) in [5, 5.41) is 8.64. The van der Waals surface area contributed by atoms with Crippen molar-refractivity contribution in [3.63, 3.8) is 0 Å². The van der Waals surface area contributed by atoms with Crippen LogP contribution < -0.4 is 5.73 Å². The molecule has 0 bridgehead atoms. The summed E-state index contributed by atoms with van der Waals surface area (Å²) in [4.78, 5) is -0.0151. The number of hydrogen-bond acceptors (Lipinski definition) is 4. The van der Waals surface area contributed by atoms with Crippen LogP contribution in [0.25, 0.3) is 0 Å². The first-order valence-electron chi connectivity index (χ1n) is 6.32. The van der Waals surface area contributed by atoms with Crippen molar-refractivity contribution in [2.75, 3.05) is 12.3 Å². The number of rotatable bonds is 5. The molecule has 1 aromatic rings. The third-order valence-corrected chi connectivity index (χ3v) is 5.19. The molecule has 2 N–H and O–H groups in total. The van der Waals surface area contributed by atoms with Crippen molar-refractivity contribution in [2.45, 2.75) is 37.1 Å². The lowest BCUT2D eigenvalue weighted by molar-refractivity contribution is 0.410. The number of halogens is 1. The molecule has 0 aliphatic heterocycles. The maximum absolute atomic E-state index is 13.5. The average Bonchev–Trinajstić information content (AvgIpc) is 3.20. The molecule has 0 unspecified atom stereocenters. The molecular weight excluding hydrogens is 281 g/mol. The molecule has 0 radical (unpaired) electrons. The van der Waals surface area contributed by atoms with E-state index in [0.29, 0.717) is 0 Å². The summed E-state index contributed by atoms with van der Waals surface area (Å²) in [5.74, 6) is -0.598. The Labute approximate surface area is 117 Å². The minimum atomic E-state index is -3.74. The van der Waals surface area contributed by atoms with Crippen LogP contribution in [0, 0.1) is 24.1 Å². The highest BCUT2D eigenvalue weighted by Gasteiger charge is 2.38. The summed E-state index contributed by atoms with van der Waals surface area (Å²) in [6, 6.07) is 4.31. The van der Waals surface area contributed by atoms with Crippen LogP contribution in [0.4, 0.5) is 10.1 Å². The number of anilines is 1. The maximum atomic E-state index is 13.5. The molecule has 1 aliphatic carbocycles. The first-order valence-corrected chi connectivity index (χ1v) is 7.76. The smallest absolute Gasteiger partial charge is 0.243 e. The Kier molecular flexibility index (Phi) is 3.97. The quantitative estimate of drug-likeness (QED) is 0.839. The van der Waals surface area contributed by atoms with Crippen molar-refractivity contribution in [2.24, 2.45) is 0 Å². The van der Waals surface area contributed by atoms with Gasteiger partial charge in [0.1, 0.15) is 5.82 Å². The highest BCUT2D eigenvalue weighted by molar-refractivity contribution is 7.89. The fraction of sp³-hybridized carbons (Fsp3) is 0.462. The molecule has 0 heterocycles. The fourth-order valence-corrected chi connectivity index (χ4v) is 3.88. The van der Waals surface area contributed by atoms with E-state index < -0.39 is 15.8 Å². The lowest BCUT2D eigenvalue weighted by atomic mass is 10.2. The minimum Gasteiger partial charge on any atom is -0.396 e. The Hall–Kier alpha value is -1.65. The third-order valence-electron chi connectivity index (χ3n) is 3.26. The molecule has 0 spiro atoms. The van der Waals surface area contributed by atoms with Gasteiger partial charge in [-0.1, -0.05) is 0 Å². The Morgan fingerprint density at radius 1 is 1.50 bits per heavy atom. The summed E-state index contributed by atoms with van der Waals surface area (Å²) in [5.41, 5.74) is 5.51. The number of hydrogen-bond donors (Lipinski definition) is 1. The molecule has 1 aliphatic rings. The maximum Gasteiger partial charge on any atom is 0.243 e. The molecule has 1 aromatic carbocycles. The summed E-state index contributed by atoms with van der Waals surface area (Å²) >= 11 is 0. The van der Waals surface area contributed by atoms with E-state index in [1.54, 1.807) is 0 Å². The molecule has 1 saturated carbocycles. The lowest BCUT2D eigenvalue weighted by Crippen LogP contribution is -2.34. The first kappa shape index (κ1) is 14.8. The van der Waals surface area contributed by atoms with Gasteiger partial charge in [-0.3, -0.25) is 0 Å². The van der Waals surface area contributed by atoms with Crippen LogP contribution in [0.5, 0.6) is 0 Å². The van der Waals surface area contributed by atoms with Gasteiger partial charge in [0.15, 0.2) is 0 Å². The predicted octanol–water partition coefficient (Wildman–Crippen LogP) is 1.78. The monoisotopic (exact) mass is 297 g/mol. The van der Waals surface area contributed by atoms with Crippen LogP contribution >= 0.6 is 0 Å². The number of nitrogens with zero attached hydrogens (tertiary/aromatic N) is 2. The summed E-state index contributed by atoms with van der Waals surface area (Å²) in [6.45, 7) is 1.63. The number of aryl methyl sites for hydroxylation is 1. The summed E-state index contributed by atoms with van der Waals surface area (Å²) < 4.78 is 40.0. The van der Waals surface area contributed by atoms with E-state index in [2.05, 4.69) is 0 Å². The van der Waals surface area contributed by atoms with E-state index >= 15 is 0 Å². The molecule has 0 atom stereocenters. The molecule has 0 saturated heterocycles. The van der Waals surface area contributed by atoms with Gasteiger partial charge < -0.3 is 5.73 Å². The van der Waals surface area contributed by atoms with Crippen LogP contribution in [-0.2, 0) is 10.0 Å². The van der Waals surface area contributed by atoms with Crippen LogP contribution in [0.1, 0.15) is 24.8 Å². The second kappa shape index (κ2) is 5.38. The van der Waals surface area contributed by atoms with Gasteiger partial charge in [0.05, 0.1) is 16.7 Å². The number of nitriles is 1. The van der Waals surface area contributed by atoms with Crippen molar-refractivity contribution in [1.29, 1.82) is 5.26 Å². The van der Waals surface area contributed by atoms with Gasteiger partial charge in [-0.15, -0.1) is 0 Å². The van der Waals surface area contributed by atoms with Crippen molar-refractivity contribution >= 4 is 15.7 Å². The molecule has 0 aromatic heterocycles. The second-order valence-corrected chi connectivity index (χ2v) is 6.79. The van der Waals surface area contributed by atoms with Gasteiger partial charge in [-0.25, -0.2) is 12.8 Å². The molecule has 5 nitrogen and oxygen atoms in total. The van der Waals surface area contributed by atoms with Crippen molar-refractivity contribution < 1.29 is 12.8 Å². The Bertz CT molecular complexity index is 640.